The highest BCUT2D eigenvalue weighted by Crippen LogP contribution is 2.31. The number of H-pyrrole nitrogens is 2. The van der Waals surface area contributed by atoms with E-state index in [1.165, 1.54) is 6.20 Å². The number of aromatic amines is 2. The fourth-order valence-corrected chi connectivity index (χ4v) is 2.72. The second-order valence-corrected chi connectivity index (χ2v) is 5.60. The number of nitrogens with zero attached hydrogens (tertiary/aromatic N) is 4. The zero-order valence-corrected chi connectivity index (χ0v) is 12.1. The first-order chi connectivity index (χ1) is 11.2. The number of hydrogen-bond acceptors (Lipinski definition) is 5. The summed E-state index contributed by atoms with van der Waals surface area (Å²) in [7, 11) is 0. The Balaban J connectivity index is 1.52. The highest BCUT2D eigenvalue weighted by atomic mass is 16.3. The van der Waals surface area contributed by atoms with E-state index >= 15 is 0 Å². The van der Waals surface area contributed by atoms with Crippen molar-refractivity contribution in [3.63, 3.8) is 0 Å². The van der Waals surface area contributed by atoms with Crippen LogP contribution in [0.15, 0.2) is 43.0 Å². The van der Waals surface area contributed by atoms with Crippen molar-refractivity contribution in [3.05, 3.63) is 54.2 Å². The van der Waals surface area contributed by atoms with Gasteiger partial charge in [-0.05, 0) is 18.2 Å². The molecule has 8 heteroatoms. The summed E-state index contributed by atoms with van der Waals surface area (Å²) in [5.41, 5.74) is 1.62. The van der Waals surface area contributed by atoms with Crippen LogP contribution in [0, 0.1) is 0 Å². The van der Waals surface area contributed by atoms with E-state index in [4.69, 9.17) is 0 Å². The minimum Gasteiger partial charge on any atom is -0.380 e. The average molecular weight is 310 g/mol. The maximum atomic E-state index is 12.5. The summed E-state index contributed by atoms with van der Waals surface area (Å²) >= 11 is 0. The summed E-state index contributed by atoms with van der Waals surface area (Å²) in [6, 6.07) is 5.28. The number of pyridine rings is 1. The van der Waals surface area contributed by atoms with Gasteiger partial charge in [-0.2, -0.15) is 10.2 Å². The third kappa shape index (κ3) is 2.29. The summed E-state index contributed by atoms with van der Waals surface area (Å²) in [4.78, 5) is 18.2. The lowest BCUT2D eigenvalue weighted by atomic mass is 9.90. The van der Waals surface area contributed by atoms with E-state index in [0.29, 0.717) is 11.3 Å². The molecule has 0 saturated carbocycles. The van der Waals surface area contributed by atoms with Gasteiger partial charge in [-0.25, -0.2) is 0 Å². The molecule has 4 rings (SSSR count). The molecule has 3 N–H and O–H groups in total. The molecule has 1 aliphatic heterocycles. The number of carbonyl (C=O) groups excluding carboxylic acids is 1. The summed E-state index contributed by atoms with van der Waals surface area (Å²) in [6.45, 7) is 0.449. The smallest absolute Gasteiger partial charge is 0.255 e. The van der Waals surface area contributed by atoms with E-state index in [2.05, 4.69) is 25.4 Å². The second kappa shape index (κ2) is 5.03. The van der Waals surface area contributed by atoms with Crippen molar-refractivity contribution in [1.82, 2.24) is 30.3 Å². The fourth-order valence-electron chi connectivity index (χ4n) is 2.72. The van der Waals surface area contributed by atoms with Crippen molar-refractivity contribution < 1.29 is 9.90 Å². The second-order valence-electron chi connectivity index (χ2n) is 5.60. The maximum Gasteiger partial charge on any atom is 0.255 e. The molecule has 1 fully saturated rings. The Morgan fingerprint density at radius 2 is 1.96 bits per heavy atom. The van der Waals surface area contributed by atoms with Crippen LogP contribution in [-0.4, -0.2) is 54.4 Å². The highest BCUT2D eigenvalue weighted by Gasteiger charge is 2.46. The van der Waals surface area contributed by atoms with Crippen LogP contribution in [0.2, 0.25) is 0 Å². The van der Waals surface area contributed by atoms with Crippen molar-refractivity contribution in [1.29, 1.82) is 0 Å². The van der Waals surface area contributed by atoms with E-state index in [-0.39, 0.29) is 19.0 Å². The van der Waals surface area contributed by atoms with Crippen LogP contribution in [0.25, 0.3) is 11.3 Å². The number of hydrogen-bond donors (Lipinski definition) is 3. The van der Waals surface area contributed by atoms with Gasteiger partial charge < -0.3 is 10.0 Å². The SMILES string of the molecule is O=C(c1cncc(-c2ccn[nH]2)c1)N1CC(O)(c2ccn[nH]2)C1. The Kier molecular flexibility index (Phi) is 2.98. The third-order valence-electron chi connectivity index (χ3n) is 3.99. The van der Waals surface area contributed by atoms with Crippen LogP contribution in [0.5, 0.6) is 0 Å². The molecule has 116 valence electrons. The van der Waals surface area contributed by atoms with E-state index in [1.807, 2.05) is 6.07 Å². The molecule has 23 heavy (non-hydrogen) atoms. The summed E-state index contributed by atoms with van der Waals surface area (Å²) in [5.74, 6) is -0.164. The molecule has 0 aliphatic carbocycles. The minimum absolute atomic E-state index is 0.164. The van der Waals surface area contributed by atoms with Crippen molar-refractivity contribution >= 4 is 5.91 Å². The normalized spacial score (nSPS) is 16.1. The van der Waals surface area contributed by atoms with Gasteiger partial charge in [0.15, 0.2) is 0 Å². The molecule has 3 aromatic heterocycles. The Labute approximate surface area is 131 Å². The number of likely N-dealkylation sites (tertiary alicyclic amines) is 1. The van der Waals surface area contributed by atoms with Crippen molar-refractivity contribution in [2.24, 2.45) is 0 Å². The Bertz CT molecular complexity index is 822. The zero-order chi connectivity index (χ0) is 15.9. The Hall–Kier alpha value is -3.00. The lowest BCUT2D eigenvalue weighted by molar-refractivity contribution is -0.0892. The molecule has 0 spiro atoms. The first-order valence-electron chi connectivity index (χ1n) is 7.12. The molecule has 1 saturated heterocycles. The molecule has 0 aromatic carbocycles. The van der Waals surface area contributed by atoms with Gasteiger partial charge in [0.05, 0.1) is 30.0 Å². The van der Waals surface area contributed by atoms with Crippen LogP contribution in [0.1, 0.15) is 16.1 Å². The Morgan fingerprint density at radius 3 is 2.65 bits per heavy atom. The molecule has 1 aliphatic rings. The average Bonchev–Trinajstić information content (AvgIpc) is 3.24. The molecule has 0 radical (unpaired) electrons. The van der Waals surface area contributed by atoms with E-state index in [9.17, 15) is 9.90 Å². The number of β-amino-alcohol motifs (C(OH)–C–C–N with tert-alkyl or cyclic N) is 1. The first-order valence-corrected chi connectivity index (χ1v) is 7.12. The van der Waals surface area contributed by atoms with Gasteiger partial charge in [-0.15, -0.1) is 0 Å². The standard InChI is InChI=1S/C15H14N6O2/c22-14(21-8-15(23,9-21)13-2-4-18-20-13)11-5-10(6-16-7-11)12-1-3-17-19-12/h1-7,23H,8-9H2,(H,17,19)(H,18,20). The van der Waals surface area contributed by atoms with Crippen LogP contribution >= 0.6 is 0 Å². The van der Waals surface area contributed by atoms with Gasteiger partial charge in [0.25, 0.3) is 5.91 Å². The van der Waals surface area contributed by atoms with E-state index < -0.39 is 5.60 Å². The quantitative estimate of drug-likeness (QED) is 0.654. The summed E-state index contributed by atoms with van der Waals surface area (Å²) < 4.78 is 0. The molecule has 3 aromatic rings. The summed E-state index contributed by atoms with van der Waals surface area (Å²) in [6.07, 6.45) is 6.41. The number of rotatable bonds is 3. The van der Waals surface area contributed by atoms with Crippen LogP contribution in [-0.2, 0) is 5.60 Å². The summed E-state index contributed by atoms with van der Waals surface area (Å²) in [5, 5.41) is 23.8. The molecule has 4 heterocycles. The first kappa shape index (κ1) is 13.6. The van der Waals surface area contributed by atoms with Gasteiger partial charge in [0.2, 0.25) is 0 Å². The van der Waals surface area contributed by atoms with E-state index in [0.717, 1.165) is 11.3 Å². The third-order valence-corrected chi connectivity index (χ3v) is 3.99. The van der Waals surface area contributed by atoms with Gasteiger partial charge in [0, 0.05) is 30.4 Å². The topological polar surface area (TPSA) is 111 Å². The predicted octanol–water partition coefficient (Wildman–Crippen LogP) is 0.538. The monoisotopic (exact) mass is 310 g/mol. The van der Waals surface area contributed by atoms with Crippen LogP contribution < -0.4 is 0 Å². The fraction of sp³-hybridized carbons (Fsp3) is 0.200. The Morgan fingerprint density at radius 1 is 1.17 bits per heavy atom. The molecule has 0 unspecified atom stereocenters. The molecule has 0 atom stereocenters. The minimum atomic E-state index is -1.05. The van der Waals surface area contributed by atoms with Gasteiger partial charge >= 0.3 is 0 Å². The molecular formula is C15H14N6O2. The van der Waals surface area contributed by atoms with Crippen molar-refractivity contribution in [2.75, 3.05) is 13.1 Å². The molecule has 1 amide bonds. The largest absolute Gasteiger partial charge is 0.380 e. The molecular weight excluding hydrogens is 296 g/mol. The van der Waals surface area contributed by atoms with Crippen molar-refractivity contribution in [3.8, 4) is 11.3 Å². The lowest BCUT2D eigenvalue weighted by Gasteiger charge is -2.45. The molecule has 8 nitrogen and oxygen atoms in total. The van der Waals surface area contributed by atoms with Crippen LogP contribution in [0.3, 0.4) is 0 Å². The number of aromatic nitrogens is 5. The van der Waals surface area contributed by atoms with Crippen molar-refractivity contribution in [2.45, 2.75) is 5.60 Å². The predicted molar refractivity (Wildman–Crippen MR) is 80.2 cm³/mol. The number of amides is 1. The van der Waals surface area contributed by atoms with Gasteiger partial charge in [-0.3, -0.25) is 20.0 Å². The highest BCUT2D eigenvalue weighted by molar-refractivity contribution is 5.95. The van der Waals surface area contributed by atoms with Gasteiger partial charge in [0.1, 0.15) is 5.60 Å². The zero-order valence-electron chi connectivity index (χ0n) is 12.1. The van der Waals surface area contributed by atoms with E-state index in [1.54, 1.807) is 35.6 Å². The number of carbonyl (C=O) groups is 1. The van der Waals surface area contributed by atoms with Crippen LogP contribution in [0.4, 0.5) is 0 Å². The lowest BCUT2D eigenvalue weighted by Crippen LogP contribution is -2.61. The van der Waals surface area contributed by atoms with Gasteiger partial charge in [-0.1, -0.05) is 0 Å². The number of nitrogens with one attached hydrogen (secondary N) is 2. The number of aliphatic hydroxyl groups is 1. The maximum absolute atomic E-state index is 12.5. The molecule has 0 bridgehead atoms.